The summed E-state index contributed by atoms with van der Waals surface area (Å²) in [7, 11) is 0. The minimum absolute atomic E-state index is 0.0955. The molecule has 0 bridgehead atoms. The van der Waals surface area contributed by atoms with E-state index in [1.165, 1.54) is 25.0 Å². The zero-order valence-corrected chi connectivity index (χ0v) is 18.4. The van der Waals surface area contributed by atoms with E-state index in [1.54, 1.807) is 0 Å². The van der Waals surface area contributed by atoms with E-state index in [9.17, 15) is 9.59 Å². The van der Waals surface area contributed by atoms with Crippen molar-refractivity contribution in [1.29, 1.82) is 0 Å². The highest BCUT2D eigenvalue weighted by molar-refractivity contribution is 5.74. The van der Waals surface area contributed by atoms with Gasteiger partial charge in [0.1, 0.15) is 0 Å². The fourth-order valence-corrected chi connectivity index (χ4v) is 4.31. The van der Waals surface area contributed by atoms with E-state index < -0.39 is 11.9 Å². The van der Waals surface area contributed by atoms with Crippen LogP contribution in [0.15, 0.2) is 72.8 Å². The van der Waals surface area contributed by atoms with Gasteiger partial charge in [-0.15, -0.1) is 0 Å². The van der Waals surface area contributed by atoms with Crippen LogP contribution in [0.1, 0.15) is 42.0 Å². The van der Waals surface area contributed by atoms with Crippen molar-refractivity contribution in [3.8, 4) is 11.5 Å². The normalized spacial score (nSPS) is 16.0. The molecule has 1 aliphatic rings. The van der Waals surface area contributed by atoms with Crippen LogP contribution in [0.4, 0.5) is 0 Å². The molecule has 4 rings (SSSR count). The summed E-state index contributed by atoms with van der Waals surface area (Å²) in [5.41, 5.74) is 4.66. The van der Waals surface area contributed by atoms with E-state index in [2.05, 4.69) is 41.3 Å². The van der Waals surface area contributed by atoms with E-state index in [0.29, 0.717) is 0 Å². The summed E-state index contributed by atoms with van der Waals surface area (Å²) >= 11 is 0. The van der Waals surface area contributed by atoms with Gasteiger partial charge in [-0.3, -0.25) is 14.5 Å². The van der Waals surface area contributed by atoms with Crippen molar-refractivity contribution in [2.45, 2.75) is 32.7 Å². The molecule has 0 spiro atoms. The fraction of sp³-hybridized carbons (Fsp3) is 0.259. The Kier molecular flexibility index (Phi) is 6.66. The Labute approximate surface area is 188 Å². The van der Waals surface area contributed by atoms with Crippen LogP contribution in [-0.2, 0) is 22.6 Å². The first-order valence-corrected chi connectivity index (χ1v) is 10.8. The Morgan fingerprint density at radius 2 is 1.47 bits per heavy atom. The van der Waals surface area contributed by atoms with Crippen LogP contribution in [-0.4, -0.2) is 29.9 Å². The summed E-state index contributed by atoms with van der Waals surface area (Å²) in [5.74, 6) is -0.233. The molecule has 0 amide bonds. The van der Waals surface area contributed by atoms with Crippen molar-refractivity contribution in [2.24, 2.45) is 0 Å². The topological polar surface area (TPSA) is 55.8 Å². The van der Waals surface area contributed by atoms with Gasteiger partial charge in [0.05, 0.1) is 0 Å². The molecular formula is C27H27NO4. The third-order valence-corrected chi connectivity index (χ3v) is 5.68. The molecule has 0 saturated carbocycles. The van der Waals surface area contributed by atoms with Gasteiger partial charge in [0.25, 0.3) is 0 Å². The van der Waals surface area contributed by atoms with Gasteiger partial charge in [-0.25, -0.2) is 0 Å². The maximum absolute atomic E-state index is 11.7. The van der Waals surface area contributed by atoms with Crippen molar-refractivity contribution in [2.75, 3.05) is 13.1 Å². The van der Waals surface area contributed by atoms with Gasteiger partial charge in [-0.1, -0.05) is 60.7 Å². The number of hydrogen-bond donors (Lipinski definition) is 0. The van der Waals surface area contributed by atoms with Crippen LogP contribution in [0.3, 0.4) is 0 Å². The van der Waals surface area contributed by atoms with Gasteiger partial charge in [0, 0.05) is 39.4 Å². The van der Waals surface area contributed by atoms with Crippen LogP contribution < -0.4 is 9.47 Å². The third kappa shape index (κ3) is 5.24. The lowest BCUT2D eigenvalue weighted by molar-refractivity contribution is -0.134. The maximum atomic E-state index is 11.7. The molecule has 1 atom stereocenters. The Hall–Kier alpha value is -3.44. The molecule has 32 heavy (non-hydrogen) atoms. The second kappa shape index (κ2) is 9.79. The minimum atomic E-state index is -0.450. The van der Waals surface area contributed by atoms with Crippen molar-refractivity contribution in [3.63, 3.8) is 0 Å². The second-order valence-electron chi connectivity index (χ2n) is 8.12. The molecule has 1 aliphatic heterocycles. The van der Waals surface area contributed by atoms with Gasteiger partial charge in [-0.05, 0) is 40.8 Å². The number of esters is 2. The van der Waals surface area contributed by atoms with Crippen molar-refractivity contribution < 1.29 is 19.1 Å². The van der Waals surface area contributed by atoms with Gasteiger partial charge in [0.15, 0.2) is 11.5 Å². The smallest absolute Gasteiger partial charge is 0.308 e. The molecule has 164 valence electrons. The Morgan fingerprint density at radius 1 is 0.875 bits per heavy atom. The average Bonchev–Trinajstić information content (AvgIpc) is 2.94. The number of rotatable bonds is 5. The van der Waals surface area contributed by atoms with Crippen LogP contribution in [0.5, 0.6) is 11.5 Å². The van der Waals surface area contributed by atoms with E-state index in [0.717, 1.165) is 37.2 Å². The van der Waals surface area contributed by atoms with E-state index in [4.69, 9.17) is 9.47 Å². The molecule has 0 fully saturated rings. The first-order chi connectivity index (χ1) is 15.5. The number of benzene rings is 3. The Morgan fingerprint density at radius 3 is 2.09 bits per heavy atom. The van der Waals surface area contributed by atoms with Crippen LogP contribution in [0.2, 0.25) is 0 Å². The van der Waals surface area contributed by atoms with E-state index in [-0.39, 0.29) is 17.4 Å². The molecule has 0 radical (unpaired) electrons. The standard InChI is InChI=1S/C27H27NO4/c1-19(29)31-26-15-23-13-14-28(17-21-9-5-3-6-10-21)18-25(22-11-7-4-8-12-22)24(23)16-27(26)32-20(2)30/h3-12,15-16,25H,13-14,17-18H2,1-2H3. The third-order valence-electron chi connectivity index (χ3n) is 5.68. The summed E-state index contributed by atoms with van der Waals surface area (Å²) in [4.78, 5) is 25.8. The molecule has 0 aromatic heterocycles. The summed E-state index contributed by atoms with van der Waals surface area (Å²) in [6.45, 7) is 5.25. The lowest BCUT2D eigenvalue weighted by Crippen LogP contribution is -2.28. The van der Waals surface area contributed by atoms with Crippen LogP contribution >= 0.6 is 0 Å². The Bertz CT molecular complexity index is 1100. The van der Waals surface area contributed by atoms with Gasteiger partial charge in [0.2, 0.25) is 0 Å². The minimum Gasteiger partial charge on any atom is -0.423 e. The second-order valence-corrected chi connectivity index (χ2v) is 8.12. The first kappa shape index (κ1) is 21.8. The lowest BCUT2D eigenvalue weighted by atomic mass is 9.87. The number of hydrogen-bond acceptors (Lipinski definition) is 5. The van der Waals surface area contributed by atoms with Crippen molar-refractivity contribution in [1.82, 2.24) is 4.90 Å². The molecule has 3 aromatic rings. The maximum Gasteiger partial charge on any atom is 0.308 e. The molecule has 1 heterocycles. The Balaban J connectivity index is 1.76. The largest absolute Gasteiger partial charge is 0.423 e. The molecule has 5 heteroatoms. The van der Waals surface area contributed by atoms with Crippen LogP contribution in [0.25, 0.3) is 0 Å². The summed E-state index contributed by atoms with van der Waals surface area (Å²) in [5, 5.41) is 0. The molecular weight excluding hydrogens is 402 g/mol. The number of carbonyl (C=O) groups excluding carboxylic acids is 2. The highest BCUT2D eigenvalue weighted by Crippen LogP contribution is 2.39. The SMILES string of the molecule is CC(=O)Oc1cc2c(cc1OC(C)=O)C(c1ccccc1)CN(Cc1ccccc1)CC2. The highest BCUT2D eigenvalue weighted by atomic mass is 16.6. The van der Waals surface area contributed by atoms with Gasteiger partial charge >= 0.3 is 11.9 Å². The molecule has 5 nitrogen and oxygen atoms in total. The number of fused-ring (bicyclic) bond motifs is 1. The lowest BCUT2D eigenvalue weighted by Gasteiger charge is -2.26. The van der Waals surface area contributed by atoms with Gasteiger partial charge < -0.3 is 9.47 Å². The highest BCUT2D eigenvalue weighted by Gasteiger charge is 2.27. The first-order valence-electron chi connectivity index (χ1n) is 10.8. The molecule has 0 aliphatic carbocycles. The van der Waals surface area contributed by atoms with Crippen molar-refractivity contribution in [3.05, 3.63) is 95.1 Å². The van der Waals surface area contributed by atoms with Crippen molar-refractivity contribution >= 4 is 11.9 Å². The zero-order chi connectivity index (χ0) is 22.5. The number of carbonyl (C=O) groups is 2. The van der Waals surface area contributed by atoms with E-state index in [1.807, 2.05) is 36.4 Å². The molecule has 1 unspecified atom stereocenters. The monoisotopic (exact) mass is 429 g/mol. The summed E-state index contributed by atoms with van der Waals surface area (Å²) in [6.07, 6.45) is 0.806. The zero-order valence-electron chi connectivity index (χ0n) is 18.4. The predicted octanol–water partition coefficient (Wildman–Crippen LogP) is 4.73. The molecule has 0 N–H and O–H groups in total. The summed E-state index contributed by atoms with van der Waals surface area (Å²) < 4.78 is 10.8. The predicted molar refractivity (Wildman–Crippen MR) is 123 cm³/mol. The van der Waals surface area contributed by atoms with Crippen LogP contribution in [0, 0.1) is 0 Å². The summed E-state index contributed by atoms with van der Waals surface area (Å²) in [6, 6.07) is 24.5. The van der Waals surface area contributed by atoms with Gasteiger partial charge in [-0.2, -0.15) is 0 Å². The quantitative estimate of drug-likeness (QED) is 0.434. The fourth-order valence-electron chi connectivity index (χ4n) is 4.31. The number of nitrogens with zero attached hydrogens (tertiary/aromatic N) is 1. The van der Waals surface area contributed by atoms with E-state index >= 15 is 0 Å². The molecule has 0 saturated heterocycles. The number of ether oxygens (including phenoxy) is 2. The molecule has 3 aromatic carbocycles. The average molecular weight is 430 g/mol.